The maximum Gasteiger partial charge on any atom is 0.294 e. The van der Waals surface area contributed by atoms with Crippen LogP contribution in [-0.4, -0.2) is 30.9 Å². The Kier molecular flexibility index (Phi) is 5.16. The third-order valence-corrected chi connectivity index (χ3v) is 7.93. The van der Waals surface area contributed by atoms with Gasteiger partial charge in [0.1, 0.15) is 4.21 Å². The topological polar surface area (TPSA) is 66.8 Å². The molecular formula is C14H11ClN2O3S4. The number of sulfonamides is 1. The Hall–Kier alpha value is -1.13. The van der Waals surface area contributed by atoms with Gasteiger partial charge < -0.3 is 0 Å². The third-order valence-electron chi connectivity index (χ3n) is 3.02. The van der Waals surface area contributed by atoms with Crippen molar-refractivity contribution < 1.29 is 13.2 Å². The minimum absolute atomic E-state index is 0.0554. The molecule has 1 amide bonds. The maximum absolute atomic E-state index is 12.4. The van der Waals surface area contributed by atoms with Gasteiger partial charge in [0.2, 0.25) is 0 Å². The number of halogens is 1. The van der Waals surface area contributed by atoms with Gasteiger partial charge in [0, 0.05) is 11.4 Å². The summed E-state index contributed by atoms with van der Waals surface area (Å²) in [4.78, 5) is 15.2. The standard InChI is InChI=1S/C14H11ClN2O3S4/c1-2-17-13(18)10(8-9-4-3-7-21-9)22-14(17)16-24(19,20)12-6-5-11(15)23-12/h3-8H,2H2,1H3. The van der Waals surface area contributed by atoms with Gasteiger partial charge in [0.25, 0.3) is 15.9 Å². The van der Waals surface area contributed by atoms with Gasteiger partial charge in [0.05, 0.1) is 9.24 Å². The zero-order valence-electron chi connectivity index (χ0n) is 12.3. The lowest BCUT2D eigenvalue weighted by Gasteiger charge is -2.11. The molecule has 0 bridgehead atoms. The number of hydrogen-bond acceptors (Lipinski definition) is 6. The molecule has 0 radical (unpaired) electrons. The molecule has 3 rings (SSSR count). The molecule has 0 saturated carbocycles. The van der Waals surface area contributed by atoms with Crippen LogP contribution in [0, 0.1) is 0 Å². The highest BCUT2D eigenvalue weighted by Gasteiger charge is 2.34. The Bertz CT molecular complexity index is 929. The van der Waals surface area contributed by atoms with E-state index in [0.717, 1.165) is 28.0 Å². The molecule has 0 atom stereocenters. The highest BCUT2D eigenvalue weighted by molar-refractivity contribution is 8.19. The van der Waals surface area contributed by atoms with Gasteiger partial charge in [0.15, 0.2) is 5.17 Å². The van der Waals surface area contributed by atoms with Crippen LogP contribution >= 0.6 is 46.0 Å². The van der Waals surface area contributed by atoms with Crippen LogP contribution in [-0.2, 0) is 14.8 Å². The zero-order valence-corrected chi connectivity index (χ0v) is 16.3. The first-order chi connectivity index (χ1) is 11.4. The van der Waals surface area contributed by atoms with Gasteiger partial charge in [-0.15, -0.1) is 27.1 Å². The second-order valence-corrected chi connectivity index (χ2v) is 10.1. The monoisotopic (exact) mass is 418 g/mol. The van der Waals surface area contributed by atoms with E-state index in [-0.39, 0.29) is 15.3 Å². The molecule has 1 saturated heterocycles. The number of nitrogens with zero attached hydrogens (tertiary/aromatic N) is 2. The van der Waals surface area contributed by atoms with Gasteiger partial charge in [-0.3, -0.25) is 9.69 Å². The molecule has 1 aliphatic heterocycles. The first kappa shape index (κ1) is 17.7. The van der Waals surface area contributed by atoms with Crippen molar-refractivity contribution in [2.45, 2.75) is 11.1 Å². The number of thioether (sulfide) groups is 1. The lowest BCUT2D eigenvalue weighted by atomic mass is 10.4. The van der Waals surface area contributed by atoms with E-state index < -0.39 is 10.0 Å². The summed E-state index contributed by atoms with van der Waals surface area (Å²) in [7, 11) is -3.89. The van der Waals surface area contributed by atoms with Crippen molar-refractivity contribution >= 4 is 73.2 Å². The lowest BCUT2D eigenvalue weighted by molar-refractivity contribution is -0.122. The van der Waals surface area contributed by atoms with E-state index in [1.807, 2.05) is 17.5 Å². The SMILES string of the molecule is CCN1C(=O)C(=Cc2cccs2)SC1=NS(=O)(=O)c1ccc(Cl)s1. The third kappa shape index (κ3) is 3.60. The van der Waals surface area contributed by atoms with Crippen LogP contribution in [0.3, 0.4) is 0 Å². The fourth-order valence-corrected chi connectivity index (χ4v) is 6.37. The molecule has 126 valence electrons. The van der Waals surface area contributed by atoms with Crippen LogP contribution in [0.5, 0.6) is 0 Å². The van der Waals surface area contributed by atoms with Crippen LogP contribution in [0.1, 0.15) is 11.8 Å². The predicted molar refractivity (Wildman–Crippen MR) is 101 cm³/mol. The second-order valence-electron chi connectivity index (χ2n) is 4.58. The normalized spacial score (nSPS) is 18.9. The number of hydrogen-bond donors (Lipinski definition) is 0. The lowest BCUT2D eigenvalue weighted by Crippen LogP contribution is -2.29. The van der Waals surface area contributed by atoms with Crippen molar-refractivity contribution in [2.24, 2.45) is 4.40 Å². The van der Waals surface area contributed by atoms with Crippen LogP contribution in [0.2, 0.25) is 4.34 Å². The smallest absolute Gasteiger partial charge is 0.286 e. The number of amidine groups is 1. The average molecular weight is 419 g/mol. The molecule has 0 aliphatic carbocycles. The number of likely N-dealkylation sites (N-methyl/N-ethyl adjacent to an activating group) is 1. The summed E-state index contributed by atoms with van der Waals surface area (Å²) in [5.74, 6) is -0.242. The number of carbonyl (C=O) groups is 1. The fourth-order valence-electron chi connectivity index (χ4n) is 1.94. The molecule has 0 unspecified atom stereocenters. The first-order valence-corrected chi connectivity index (χ1v) is 11.1. The number of amides is 1. The summed E-state index contributed by atoms with van der Waals surface area (Å²) in [5.41, 5.74) is 0. The number of rotatable bonds is 4. The second kappa shape index (κ2) is 7.01. The molecule has 2 aromatic heterocycles. The fraction of sp³-hybridized carbons (Fsp3) is 0.143. The van der Waals surface area contributed by atoms with E-state index in [1.165, 1.54) is 28.4 Å². The van der Waals surface area contributed by atoms with Crippen molar-refractivity contribution in [1.82, 2.24) is 4.90 Å². The van der Waals surface area contributed by atoms with Gasteiger partial charge >= 0.3 is 0 Å². The molecule has 3 heterocycles. The van der Waals surface area contributed by atoms with Crippen molar-refractivity contribution in [1.29, 1.82) is 0 Å². The van der Waals surface area contributed by atoms with E-state index >= 15 is 0 Å². The van der Waals surface area contributed by atoms with E-state index in [4.69, 9.17) is 11.6 Å². The van der Waals surface area contributed by atoms with E-state index in [1.54, 1.807) is 13.0 Å². The Morgan fingerprint density at radius 2 is 2.12 bits per heavy atom. The van der Waals surface area contributed by atoms with Crippen LogP contribution in [0.4, 0.5) is 0 Å². The summed E-state index contributed by atoms with van der Waals surface area (Å²) < 4.78 is 29.0. The van der Waals surface area contributed by atoms with Gasteiger partial charge in [-0.2, -0.15) is 8.42 Å². The highest BCUT2D eigenvalue weighted by atomic mass is 35.5. The number of thiophene rings is 2. The van der Waals surface area contributed by atoms with Crippen molar-refractivity contribution in [3.8, 4) is 0 Å². The minimum atomic E-state index is -3.89. The van der Waals surface area contributed by atoms with Gasteiger partial charge in [-0.05, 0) is 48.3 Å². The maximum atomic E-state index is 12.4. The number of carbonyl (C=O) groups excluding carboxylic acids is 1. The summed E-state index contributed by atoms with van der Waals surface area (Å²) >= 11 is 9.30. The quantitative estimate of drug-likeness (QED) is 0.699. The molecule has 10 heteroatoms. The molecular weight excluding hydrogens is 408 g/mol. The Morgan fingerprint density at radius 3 is 2.71 bits per heavy atom. The van der Waals surface area contributed by atoms with E-state index in [9.17, 15) is 13.2 Å². The molecule has 5 nitrogen and oxygen atoms in total. The summed E-state index contributed by atoms with van der Waals surface area (Å²) in [6.07, 6.45) is 1.75. The average Bonchev–Trinajstić information content (AvgIpc) is 3.23. The largest absolute Gasteiger partial charge is 0.294 e. The molecule has 1 fully saturated rings. The van der Waals surface area contributed by atoms with Crippen molar-refractivity contribution in [3.63, 3.8) is 0 Å². The van der Waals surface area contributed by atoms with Crippen LogP contribution < -0.4 is 0 Å². The van der Waals surface area contributed by atoms with E-state index in [0.29, 0.717) is 15.8 Å². The molecule has 0 N–H and O–H groups in total. The zero-order chi connectivity index (χ0) is 17.3. The molecule has 0 aromatic carbocycles. The molecule has 24 heavy (non-hydrogen) atoms. The minimum Gasteiger partial charge on any atom is -0.286 e. The summed E-state index contributed by atoms with van der Waals surface area (Å²) in [6, 6.07) is 6.69. The molecule has 2 aromatic rings. The van der Waals surface area contributed by atoms with Crippen molar-refractivity contribution in [3.05, 3.63) is 43.8 Å². The molecule has 0 spiro atoms. The Labute approximate surface area is 156 Å². The Morgan fingerprint density at radius 1 is 1.33 bits per heavy atom. The molecule has 1 aliphatic rings. The van der Waals surface area contributed by atoms with Gasteiger partial charge in [-0.1, -0.05) is 17.7 Å². The summed E-state index contributed by atoms with van der Waals surface area (Å²) in [5, 5.41) is 2.07. The van der Waals surface area contributed by atoms with E-state index in [2.05, 4.69) is 4.40 Å². The Balaban J connectivity index is 1.96. The van der Waals surface area contributed by atoms with Crippen LogP contribution in [0.25, 0.3) is 6.08 Å². The first-order valence-electron chi connectivity index (χ1n) is 6.76. The summed E-state index contributed by atoms with van der Waals surface area (Å²) in [6.45, 7) is 2.11. The van der Waals surface area contributed by atoms with Gasteiger partial charge in [-0.25, -0.2) is 0 Å². The predicted octanol–water partition coefficient (Wildman–Crippen LogP) is 4.14. The highest BCUT2D eigenvalue weighted by Crippen LogP contribution is 2.35. The van der Waals surface area contributed by atoms with Crippen molar-refractivity contribution in [2.75, 3.05) is 6.54 Å². The van der Waals surface area contributed by atoms with Crippen LogP contribution in [0.15, 0.2) is 43.2 Å².